The molecule has 0 saturated carbocycles. The molecule has 1 amide bonds. The number of halogens is 1. The summed E-state index contributed by atoms with van der Waals surface area (Å²) < 4.78 is 4.91. The Morgan fingerprint density at radius 2 is 1.86 bits per heavy atom. The summed E-state index contributed by atoms with van der Waals surface area (Å²) in [5.41, 5.74) is 1.67. The molecule has 0 fully saturated rings. The molecule has 2 aromatic carbocycles. The molecular weight excluding hydrogens is 384 g/mol. The maximum atomic E-state index is 11.9. The van der Waals surface area contributed by atoms with E-state index in [1.54, 1.807) is 48.5 Å². The first-order valence-corrected chi connectivity index (χ1v) is 8.40. The van der Waals surface area contributed by atoms with Crippen LogP contribution in [-0.4, -0.2) is 38.7 Å². The molecule has 0 unspecified atom stereocenters. The van der Waals surface area contributed by atoms with Crippen LogP contribution in [0.3, 0.4) is 0 Å². The Morgan fingerprint density at radius 1 is 1.14 bits per heavy atom. The molecule has 140 valence electrons. The minimum atomic E-state index is -0.685. The minimum Gasteiger partial charge on any atom is -0.454 e. The Morgan fingerprint density at radius 3 is 2.54 bits per heavy atom. The fourth-order valence-corrected chi connectivity index (χ4v) is 2.28. The first-order valence-electron chi connectivity index (χ1n) is 8.03. The molecule has 0 spiro atoms. The van der Waals surface area contributed by atoms with E-state index >= 15 is 0 Å². The van der Waals surface area contributed by atoms with Crippen LogP contribution in [0.2, 0.25) is 5.02 Å². The standard InChI is InChI=1S/C18H13ClN6O3/c19-14-5-3-13(4-6-14)18-22-24-25(23-18)10-17(27)28-11-16(26)21-15-7-1-12(9-20)2-8-15/h1-8H,10-11H2,(H,21,26). The van der Waals surface area contributed by atoms with E-state index in [0.717, 1.165) is 4.80 Å². The van der Waals surface area contributed by atoms with Crippen LogP contribution in [0.1, 0.15) is 5.56 Å². The number of amides is 1. The van der Waals surface area contributed by atoms with E-state index in [1.807, 2.05) is 6.07 Å². The number of tetrazole rings is 1. The molecule has 0 atom stereocenters. The number of nitrogens with one attached hydrogen (secondary N) is 1. The Kier molecular flexibility index (Phi) is 5.94. The predicted octanol–water partition coefficient (Wildman–Crippen LogP) is 2.05. The quantitative estimate of drug-likeness (QED) is 0.632. The maximum absolute atomic E-state index is 11.9. The van der Waals surface area contributed by atoms with Gasteiger partial charge in [-0.15, -0.1) is 10.2 Å². The number of hydrogen-bond acceptors (Lipinski definition) is 7. The van der Waals surface area contributed by atoms with Crippen LogP contribution in [0.4, 0.5) is 5.69 Å². The fraction of sp³-hybridized carbons (Fsp3) is 0.111. The first-order chi connectivity index (χ1) is 13.5. The van der Waals surface area contributed by atoms with Gasteiger partial charge < -0.3 is 10.1 Å². The molecule has 3 aromatic rings. The molecule has 28 heavy (non-hydrogen) atoms. The van der Waals surface area contributed by atoms with E-state index < -0.39 is 18.5 Å². The van der Waals surface area contributed by atoms with Crippen molar-refractivity contribution in [3.05, 3.63) is 59.1 Å². The molecule has 1 N–H and O–H groups in total. The van der Waals surface area contributed by atoms with Gasteiger partial charge in [-0.1, -0.05) is 11.6 Å². The number of carbonyl (C=O) groups is 2. The molecule has 9 nitrogen and oxygen atoms in total. The number of hydrogen-bond donors (Lipinski definition) is 1. The lowest BCUT2D eigenvalue weighted by atomic mass is 10.2. The summed E-state index contributed by atoms with van der Waals surface area (Å²) >= 11 is 5.83. The van der Waals surface area contributed by atoms with Crippen LogP contribution < -0.4 is 5.32 Å². The van der Waals surface area contributed by atoms with Crippen LogP contribution in [-0.2, 0) is 20.9 Å². The van der Waals surface area contributed by atoms with Crippen LogP contribution in [0.25, 0.3) is 11.4 Å². The van der Waals surface area contributed by atoms with E-state index in [0.29, 0.717) is 27.7 Å². The lowest BCUT2D eigenvalue weighted by Crippen LogP contribution is -2.23. The van der Waals surface area contributed by atoms with E-state index in [9.17, 15) is 9.59 Å². The van der Waals surface area contributed by atoms with E-state index in [2.05, 4.69) is 20.7 Å². The van der Waals surface area contributed by atoms with E-state index in [4.69, 9.17) is 21.6 Å². The highest BCUT2D eigenvalue weighted by Crippen LogP contribution is 2.16. The minimum absolute atomic E-state index is 0.287. The lowest BCUT2D eigenvalue weighted by Gasteiger charge is -2.06. The number of nitriles is 1. The van der Waals surface area contributed by atoms with Gasteiger partial charge in [-0.3, -0.25) is 4.79 Å². The second-order valence-corrected chi connectivity index (χ2v) is 5.98. The van der Waals surface area contributed by atoms with Crippen molar-refractivity contribution in [1.82, 2.24) is 20.2 Å². The third kappa shape index (κ3) is 5.12. The molecule has 0 aliphatic carbocycles. The third-order valence-corrected chi connectivity index (χ3v) is 3.74. The smallest absolute Gasteiger partial charge is 0.330 e. The molecule has 0 aliphatic rings. The molecule has 3 rings (SSSR count). The Hall–Kier alpha value is -3.77. The largest absolute Gasteiger partial charge is 0.454 e. The average Bonchev–Trinajstić information content (AvgIpc) is 3.16. The number of anilines is 1. The van der Waals surface area contributed by atoms with Gasteiger partial charge in [0.15, 0.2) is 13.2 Å². The fourth-order valence-electron chi connectivity index (χ4n) is 2.16. The van der Waals surface area contributed by atoms with Crippen molar-refractivity contribution < 1.29 is 14.3 Å². The summed E-state index contributed by atoms with van der Waals surface area (Å²) in [5.74, 6) is -0.857. The highest BCUT2D eigenvalue weighted by atomic mass is 35.5. The zero-order chi connectivity index (χ0) is 19.9. The number of esters is 1. The Labute approximate surface area is 164 Å². The molecule has 0 aliphatic heterocycles. The van der Waals surface area contributed by atoms with Crippen LogP contribution >= 0.6 is 11.6 Å². The van der Waals surface area contributed by atoms with Crippen LogP contribution in [0, 0.1) is 11.3 Å². The summed E-state index contributed by atoms with van der Waals surface area (Å²) in [6.45, 7) is -0.748. The molecular formula is C18H13ClN6O3. The summed E-state index contributed by atoms with van der Waals surface area (Å²) in [4.78, 5) is 24.8. The number of benzene rings is 2. The number of carbonyl (C=O) groups excluding carboxylic acids is 2. The lowest BCUT2D eigenvalue weighted by molar-refractivity contribution is -0.148. The molecule has 1 aromatic heterocycles. The summed E-state index contributed by atoms with van der Waals surface area (Å²) in [7, 11) is 0. The first kappa shape index (κ1) is 19.0. The highest BCUT2D eigenvalue weighted by Gasteiger charge is 2.12. The number of aromatic nitrogens is 4. The van der Waals surface area contributed by atoms with Crippen molar-refractivity contribution in [2.24, 2.45) is 0 Å². The number of nitrogens with zero attached hydrogens (tertiary/aromatic N) is 5. The van der Waals surface area contributed by atoms with Gasteiger partial charge in [0, 0.05) is 16.3 Å². The zero-order valence-electron chi connectivity index (χ0n) is 14.4. The SMILES string of the molecule is N#Cc1ccc(NC(=O)COC(=O)Cn2nnc(-c3ccc(Cl)cc3)n2)cc1. The highest BCUT2D eigenvalue weighted by molar-refractivity contribution is 6.30. The normalized spacial score (nSPS) is 10.1. The van der Waals surface area contributed by atoms with E-state index in [-0.39, 0.29) is 6.54 Å². The van der Waals surface area contributed by atoms with Crippen molar-refractivity contribution in [2.75, 3.05) is 11.9 Å². The van der Waals surface area contributed by atoms with Gasteiger partial charge >= 0.3 is 5.97 Å². The van der Waals surface area contributed by atoms with Gasteiger partial charge in [0.2, 0.25) is 5.82 Å². The van der Waals surface area contributed by atoms with Crippen molar-refractivity contribution >= 4 is 29.2 Å². The molecule has 0 bridgehead atoms. The van der Waals surface area contributed by atoms with Crippen molar-refractivity contribution in [3.8, 4) is 17.5 Å². The van der Waals surface area contributed by atoms with Crippen molar-refractivity contribution in [1.29, 1.82) is 5.26 Å². The molecule has 10 heteroatoms. The molecule has 0 radical (unpaired) electrons. The third-order valence-electron chi connectivity index (χ3n) is 3.49. The summed E-state index contributed by atoms with van der Waals surface area (Å²) in [6, 6.07) is 15.1. The summed E-state index contributed by atoms with van der Waals surface area (Å²) in [5, 5.41) is 23.6. The van der Waals surface area contributed by atoms with Gasteiger partial charge in [-0.2, -0.15) is 10.1 Å². The topological polar surface area (TPSA) is 123 Å². The van der Waals surface area contributed by atoms with Crippen molar-refractivity contribution in [2.45, 2.75) is 6.54 Å². The average molecular weight is 397 g/mol. The van der Waals surface area contributed by atoms with E-state index in [1.165, 1.54) is 0 Å². The number of rotatable bonds is 6. The Bertz CT molecular complexity index is 1020. The van der Waals surface area contributed by atoms with Gasteiger partial charge in [0.05, 0.1) is 11.6 Å². The van der Waals surface area contributed by atoms with Gasteiger partial charge in [-0.25, -0.2) is 4.79 Å². The van der Waals surface area contributed by atoms with Crippen molar-refractivity contribution in [3.63, 3.8) is 0 Å². The second-order valence-electron chi connectivity index (χ2n) is 5.55. The van der Waals surface area contributed by atoms with Crippen LogP contribution in [0.5, 0.6) is 0 Å². The second kappa shape index (κ2) is 8.75. The molecule has 1 heterocycles. The predicted molar refractivity (Wildman–Crippen MR) is 99.0 cm³/mol. The summed E-state index contributed by atoms with van der Waals surface area (Å²) in [6.07, 6.45) is 0. The van der Waals surface area contributed by atoms with Crippen LogP contribution in [0.15, 0.2) is 48.5 Å². The monoisotopic (exact) mass is 396 g/mol. The zero-order valence-corrected chi connectivity index (χ0v) is 15.1. The maximum Gasteiger partial charge on any atom is 0.330 e. The van der Waals surface area contributed by atoms with Gasteiger partial charge in [-0.05, 0) is 53.7 Å². The number of ether oxygens (including phenoxy) is 1. The van der Waals surface area contributed by atoms with Gasteiger partial charge in [0.25, 0.3) is 5.91 Å². The van der Waals surface area contributed by atoms with Gasteiger partial charge in [0.1, 0.15) is 0 Å². The Balaban J connectivity index is 1.48. The molecule has 0 saturated heterocycles.